The normalized spacial score (nSPS) is 11.1. The number of aryl methyl sites for hydroxylation is 2. The van der Waals surface area contributed by atoms with E-state index < -0.39 is 12.5 Å². The molecule has 1 amide bonds. The number of aromatic nitrogens is 4. The van der Waals surface area contributed by atoms with Gasteiger partial charge in [-0.15, -0.1) is 0 Å². The summed E-state index contributed by atoms with van der Waals surface area (Å²) >= 11 is 0. The molecule has 0 unspecified atom stereocenters. The van der Waals surface area contributed by atoms with Gasteiger partial charge in [0.25, 0.3) is 5.91 Å². The van der Waals surface area contributed by atoms with E-state index in [-0.39, 0.29) is 5.69 Å². The minimum absolute atomic E-state index is 0.195. The average molecular weight is 345 g/mol. The van der Waals surface area contributed by atoms with Gasteiger partial charge in [0, 0.05) is 17.6 Å². The number of rotatable bonds is 5. The molecule has 2 aromatic heterocycles. The van der Waals surface area contributed by atoms with Gasteiger partial charge in [-0.25, -0.2) is 0 Å². The van der Waals surface area contributed by atoms with Gasteiger partial charge < -0.3 is 5.32 Å². The van der Waals surface area contributed by atoms with Crippen LogP contribution in [0, 0.1) is 13.8 Å². The van der Waals surface area contributed by atoms with Crippen LogP contribution in [0.15, 0.2) is 42.6 Å². The molecule has 0 aliphatic heterocycles. The summed E-state index contributed by atoms with van der Waals surface area (Å²) in [5.41, 5.74) is 3.23. The zero-order valence-electron chi connectivity index (χ0n) is 13.8. The van der Waals surface area contributed by atoms with Gasteiger partial charge in [0.2, 0.25) is 0 Å². The van der Waals surface area contributed by atoms with Crippen LogP contribution >= 0.6 is 0 Å². The number of nitrogens with zero attached hydrogens (tertiary/aromatic N) is 4. The zero-order chi connectivity index (χ0) is 18.0. The van der Waals surface area contributed by atoms with Crippen LogP contribution in [0.4, 0.5) is 14.5 Å². The third kappa shape index (κ3) is 3.73. The van der Waals surface area contributed by atoms with Crippen LogP contribution < -0.4 is 5.32 Å². The monoisotopic (exact) mass is 345 g/mol. The SMILES string of the molecule is Cc1cc(C)n(Cc2cccc(NC(=O)c3ccnn3C(F)F)c2)n1. The third-order valence-corrected chi connectivity index (χ3v) is 3.71. The van der Waals surface area contributed by atoms with Gasteiger partial charge >= 0.3 is 6.55 Å². The first-order chi connectivity index (χ1) is 11.9. The summed E-state index contributed by atoms with van der Waals surface area (Å²) < 4.78 is 27.9. The molecule has 0 saturated heterocycles. The largest absolute Gasteiger partial charge is 0.333 e. The maximum Gasteiger partial charge on any atom is 0.333 e. The van der Waals surface area contributed by atoms with Crippen molar-refractivity contribution in [2.75, 3.05) is 5.32 Å². The van der Waals surface area contributed by atoms with E-state index in [9.17, 15) is 13.6 Å². The Morgan fingerprint density at radius 1 is 1.24 bits per heavy atom. The number of hydrogen-bond donors (Lipinski definition) is 1. The Morgan fingerprint density at radius 2 is 2.04 bits per heavy atom. The molecule has 0 saturated carbocycles. The Kier molecular flexibility index (Phi) is 4.60. The molecule has 8 heteroatoms. The Labute approximate surface area is 143 Å². The molecule has 25 heavy (non-hydrogen) atoms. The summed E-state index contributed by atoms with van der Waals surface area (Å²) in [6.45, 7) is 1.58. The molecule has 0 aliphatic rings. The van der Waals surface area contributed by atoms with Crippen LogP contribution in [0.3, 0.4) is 0 Å². The zero-order valence-corrected chi connectivity index (χ0v) is 13.8. The molecule has 0 radical (unpaired) electrons. The number of halogens is 2. The second kappa shape index (κ2) is 6.84. The molecular formula is C17H17F2N5O. The summed E-state index contributed by atoms with van der Waals surface area (Å²) in [4.78, 5) is 12.2. The number of benzene rings is 1. The Balaban J connectivity index is 1.76. The van der Waals surface area contributed by atoms with Crippen molar-refractivity contribution in [3.05, 3.63) is 65.2 Å². The van der Waals surface area contributed by atoms with E-state index in [0.717, 1.165) is 17.0 Å². The summed E-state index contributed by atoms with van der Waals surface area (Å²) in [5, 5.41) is 10.5. The highest BCUT2D eigenvalue weighted by Gasteiger charge is 2.18. The van der Waals surface area contributed by atoms with Crippen LogP contribution in [0.2, 0.25) is 0 Å². The first-order valence-corrected chi connectivity index (χ1v) is 7.67. The summed E-state index contributed by atoms with van der Waals surface area (Å²) in [5.74, 6) is -0.638. The third-order valence-electron chi connectivity index (χ3n) is 3.71. The molecule has 2 heterocycles. The molecule has 1 aromatic carbocycles. The molecule has 3 aromatic rings. The highest BCUT2D eigenvalue weighted by atomic mass is 19.3. The number of carbonyl (C=O) groups is 1. The number of alkyl halides is 2. The number of amides is 1. The van der Waals surface area contributed by atoms with E-state index in [1.54, 1.807) is 18.2 Å². The van der Waals surface area contributed by atoms with E-state index in [1.165, 1.54) is 12.3 Å². The van der Waals surface area contributed by atoms with Crippen molar-refractivity contribution in [3.63, 3.8) is 0 Å². The second-order valence-electron chi connectivity index (χ2n) is 5.68. The average Bonchev–Trinajstić information content (AvgIpc) is 3.15. The maximum atomic E-state index is 12.8. The molecule has 0 spiro atoms. The minimum Gasteiger partial charge on any atom is -0.321 e. The summed E-state index contributed by atoms with van der Waals surface area (Å²) in [7, 11) is 0. The van der Waals surface area contributed by atoms with Gasteiger partial charge in [0.05, 0.1) is 12.2 Å². The first-order valence-electron chi connectivity index (χ1n) is 7.67. The fraction of sp³-hybridized carbons (Fsp3) is 0.235. The summed E-state index contributed by atoms with van der Waals surface area (Å²) in [6.07, 6.45) is 1.17. The van der Waals surface area contributed by atoms with Crippen molar-refractivity contribution in [2.24, 2.45) is 0 Å². The van der Waals surface area contributed by atoms with Crippen LogP contribution in [0.5, 0.6) is 0 Å². The van der Waals surface area contributed by atoms with Gasteiger partial charge in [-0.1, -0.05) is 12.1 Å². The lowest BCUT2D eigenvalue weighted by Crippen LogP contribution is -2.18. The van der Waals surface area contributed by atoms with Gasteiger partial charge in [-0.3, -0.25) is 9.48 Å². The molecule has 0 atom stereocenters. The molecule has 6 nitrogen and oxygen atoms in total. The van der Waals surface area contributed by atoms with Crippen LogP contribution in [0.25, 0.3) is 0 Å². The highest BCUT2D eigenvalue weighted by Crippen LogP contribution is 2.16. The number of anilines is 1. The van der Waals surface area contributed by atoms with Crippen molar-refractivity contribution in [3.8, 4) is 0 Å². The smallest absolute Gasteiger partial charge is 0.321 e. The van der Waals surface area contributed by atoms with Crippen molar-refractivity contribution in [1.82, 2.24) is 19.6 Å². The molecule has 1 N–H and O–H groups in total. The fourth-order valence-corrected chi connectivity index (χ4v) is 2.60. The van der Waals surface area contributed by atoms with E-state index in [4.69, 9.17) is 0 Å². The van der Waals surface area contributed by atoms with Gasteiger partial charge in [-0.05, 0) is 43.7 Å². The molecule has 0 fully saturated rings. The second-order valence-corrected chi connectivity index (χ2v) is 5.68. The van der Waals surface area contributed by atoms with E-state index in [1.807, 2.05) is 30.7 Å². The predicted octanol–water partition coefficient (Wildman–Crippen LogP) is 3.39. The van der Waals surface area contributed by atoms with Gasteiger partial charge in [0.15, 0.2) is 0 Å². The van der Waals surface area contributed by atoms with Gasteiger partial charge in [-0.2, -0.15) is 23.7 Å². The van der Waals surface area contributed by atoms with Crippen molar-refractivity contribution < 1.29 is 13.6 Å². The number of nitrogens with one attached hydrogen (secondary N) is 1. The van der Waals surface area contributed by atoms with E-state index in [0.29, 0.717) is 16.9 Å². The Bertz CT molecular complexity index is 900. The standard InChI is InChI=1S/C17H17F2N5O/c1-11-8-12(2)23(22-11)10-13-4-3-5-14(9-13)21-16(25)15-6-7-20-24(15)17(18)19/h3-9,17H,10H2,1-2H3,(H,21,25). The molecule has 130 valence electrons. The van der Waals surface area contributed by atoms with Crippen LogP contribution in [-0.2, 0) is 6.54 Å². The predicted molar refractivity (Wildman–Crippen MR) is 88.7 cm³/mol. The van der Waals surface area contributed by atoms with Crippen molar-refractivity contribution >= 4 is 11.6 Å². The van der Waals surface area contributed by atoms with E-state index in [2.05, 4.69) is 15.5 Å². The molecule has 3 rings (SSSR count). The van der Waals surface area contributed by atoms with Gasteiger partial charge in [0.1, 0.15) is 5.69 Å². The van der Waals surface area contributed by atoms with Crippen molar-refractivity contribution in [2.45, 2.75) is 26.9 Å². The molecule has 0 bridgehead atoms. The number of hydrogen-bond acceptors (Lipinski definition) is 3. The topological polar surface area (TPSA) is 64.7 Å². The maximum absolute atomic E-state index is 12.8. The first kappa shape index (κ1) is 16.8. The molecule has 0 aliphatic carbocycles. The lowest BCUT2D eigenvalue weighted by molar-refractivity contribution is 0.0520. The Morgan fingerprint density at radius 3 is 2.72 bits per heavy atom. The lowest BCUT2D eigenvalue weighted by atomic mass is 10.2. The van der Waals surface area contributed by atoms with E-state index >= 15 is 0 Å². The summed E-state index contributed by atoms with van der Waals surface area (Å²) in [6, 6.07) is 10.4. The quantitative estimate of drug-likeness (QED) is 0.771. The Hall–Kier alpha value is -3.03. The lowest BCUT2D eigenvalue weighted by Gasteiger charge is -2.10. The highest BCUT2D eigenvalue weighted by molar-refractivity contribution is 6.03. The van der Waals surface area contributed by atoms with Crippen molar-refractivity contribution in [1.29, 1.82) is 0 Å². The number of carbonyl (C=O) groups excluding carboxylic acids is 1. The minimum atomic E-state index is -2.87. The van der Waals surface area contributed by atoms with Crippen LogP contribution in [0.1, 0.15) is 34.0 Å². The fourth-order valence-electron chi connectivity index (χ4n) is 2.60. The molecular weight excluding hydrogens is 328 g/mol. The van der Waals surface area contributed by atoms with Crippen LogP contribution in [-0.4, -0.2) is 25.5 Å².